The summed E-state index contributed by atoms with van der Waals surface area (Å²) in [5.41, 5.74) is 0. The van der Waals surface area contributed by atoms with Crippen molar-refractivity contribution in [2.45, 2.75) is 20.3 Å². The van der Waals surface area contributed by atoms with E-state index >= 15 is 0 Å². The number of hydrogen-bond donors (Lipinski definition) is 0. The van der Waals surface area contributed by atoms with Crippen LogP contribution in [0.3, 0.4) is 0 Å². The fraction of sp³-hybridized carbons (Fsp3) is 0.375. The Morgan fingerprint density at radius 3 is 2.56 bits per heavy atom. The Morgan fingerprint density at radius 1 is 1.44 bits per heavy atom. The second-order valence-electron chi connectivity index (χ2n) is 1.81. The quantitative estimate of drug-likeness (QED) is 0.416. The molecule has 9 heavy (non-hydrogen) atoms. The standard InChI is InChI=1S/C8H12O/c1-3-4-5-6-7-8(2)9/h4-7H,3H2,1-2H3/b5-4?,7-6-. The molecular formula is C8H12O. The van der Waals surface area contributed by atoms with Gasteiger partial charge in [0.05, 0.1) is 0 Å². The molecule has 0 rings (SSSR count). The Hall–Kier alpha value is -0.850. The van der Waals surface area contributed by atoms with Crippen LogP contribution in [0.15, 0.2) is 24.3 Å². The number of carbonyl (C=O) groups excluding carboxylic acids is 1. The molecular weight excluding hydrogens is 112 g/mol. The number of rotatable bonds is 3. The maximum atomic E-state index is 10.3. The van der Waals surface area contributed by atoms with Gasteiger partial charge in [-0.2, -0.15) is 0 Å². The highest BCUT2D eigenvalue weighted by Crippen LogP contribution is 1.81. The van der Waals surface area contributed by atoms with Crippen LogP contribution in [-0.2, 0) is 4.79 Å². The van der Waals surface area contributed by atoms with Crippen molar-refractivity contribution in [3.63, 3.8) is 0 Å². The predicted octanol–water partition coefficient (Wildman–Crippen LogP) is 2.10. The van der Waals surface area contributed by atoms with Crippen LogP contribution < -0.4 is 0 Å². The van der Waals surface area contributed by atoms with Gasteiger partial charge >= 0.3 is 0 Å². The maximum absolute atomic E-state index is 10.3. The van der Waals surface area contributed by atoms with Gasteiger partial charge in [-0.25, -0.2) is 0 Å². The molecule has 1 heteroatoms. The van der Waals surface area contributed by atoms with Crippen LogP contribution in [0.1, 0.15) is 20.3 Å². The summed E-state index contributed by atoms with van der Waals surface area (Å²) in [5, 5.41) is 0. The van der Waals surface area contributed by atoms with E-state index in [0.717, 1.165) is 6.42 Å². The summed E-state index contributed by atoms with van der Waals surface area (Å²) in [6.07, 6.45) is 8.20. The molecule has 0 radical (unpaired) electrons. The first-order valence-electron chi connectivity index (χ1n) is 3.11. The molecule has 0 aliphatic heterocycles. The average Bonchev–Trinajstić information content (AvgIpc) is 1.80. The molecule has 0 spiro atoms. The van der Waals surface area contributed by atoms with Crippen LogP contribution in [-0.4, -0.2) is 5.78 Å². The molecule has 50 valence electrons. The molecule has 0 bridgehead atoms. The third-order valence-electron chi connectivity index (χ3n) is 0.814. The van der Waals surface area contributed by atoms with Crippen LogP contribution in [0, 0.1) is 0 Å². The number of carbonyl (C=O) groups is 1. The van der Waals surface area contributed by atoms with Gasteiger partial charge in [0.15, 0.2) is 5.78 Å². The monoisotopic (exact) mass is 124 g/mol. The van der Waals surface area contributed by atoms with Crippen LogP contribution >= 0.6 is 0 Å². The second kappa shape index (κ2) is 5.29. The third-order valence-corrected chi connectivity index (χ3v) is 0.814. The summed E-state index contributed by atoms with van der Waals surface area (Å²) < 4.78 is 0. The van der Waals surface area contributed by atoms with Crippen molar-refractivity contribution >= 4 is 5.78 Å². The lowest BCUT2D eigenvalue weighted by Crippen LogP contribution is -1.77. The first-order valence-corrected chi connectivity index (χ1v) is 3.11. The first-order chi connectivity index (χ1) is 4.27. The van der Waals surface area contributed by atoms with Gasteiger partial charge in [-0.15, -0.1) is 0 Å². The van der Waals surface area contributed by atoms with Crippen LogP contribution in [0.25, 0.3) is 0 Å². The molecule has 0 N–H and O–H groups in total. The van der Waals surface area contributed by atoms with Crippen molar-refractivity contribution in [1.82, 2.24) is 0 Å². The molecule has 0 aliphatic rings. The Morgan fingerprint density at radius 2 is 2.11 bits per heavy atom. The molecule has 0 amide bonds. The third kappa shape index (κ3) is 7.15. The van der Waals surface area contributed by atoms with Crippen molar-refractivity contribution in [3.8, 4) is 0 Å². The van der Waals surface area contributed by atoms with Gasteiger partial charge in [0.1, 0.15) is 0 Å². The Kier molecular flexibility index (Phi) is 4.79. The molecule has 1 nitrogen and oxygen atoms in total. The molecule has 0 saturated carbocycles. The van der Waals surface area contributed by atoms with E-state index in [1.807, 2.05) is 12.2 Å². The summed E-state index contributed by atoms with van der Waals surface area (Å²) in [6.45, 7) is 3.59. The topological polar surface area (TPSA) is 17.1 Å². The van der Waals surface area contributed by atoms with E-state index in [1.54, 1.807) is 12.2 Å². The minimum absolute atomic E-state index is 0.0933. The van der Waals surface area contributed by atoms with Crippen LogP contribution in [0.4, 0.5) is 0 Å². The van der Waals surface area contributed by atoms with Gasteiger partial charge in [0.2, 0.25) is 0 Å². The smallest absolute Gasteiger partial charge is 0.152 e. The number of ketones is 1. The SMILES string of the molecule is CCC=C/C=C\C(C)=O. The van der Waals surface area contributed by atoms with E-state index in [2.05, 4.69) is 6.92 Å². The van der Waals surface area contributed by atoms with Gasteiger partial charge in [0, 0.05) is 0 Å². The summed E-state index contributed by atoms with van der Waals surface area (Å²) in [6, 6.07) is 0. The van der Waals surface area contributed by atoms with Crippen LogP contribution in [0.5, 0.6) is 0 Å². The second-order valence-corrected chi connectivity index (χ2v) is 1.81. The van der Waals surface area contributed by atoms with E-state index in [-0.39, 0.29) is 5.78 Å². The highest BCUT2D eigenvalue weighted by atomic mass is 16.1. The summed E-state index contributed by atoms with van der Waals surface area (Å²) >= 11 is 0. The van der Waals surface area contributed by atoms with Crippen molar-refractivity contribution in [3.05, 3.63) is 24.3 Å². The fourth-order valence-corrected chi connectivity index (χ4v) is 0.406. The predicted molar refractivity (Wildman–Crippen MR) is 39.3 cm³/mol. The highest BCUT2D eigenvalue weighted by molar-refractivity contribution is 5.87. The number of hydrogen-bond acceptors (Lipinski definition) is 1. The zero-order valence-electron chi connectivity index (χ0n) is 5.92. The minimum atomic E-state index is 0.0933. The van der Waals surface area contributed by atoms with Crippen LogP contribution in [0.2, 0.25) is 0 Å². The largest absolute Gasteiger partial charge is 0.295 e. The summed E-state index contributed by atoms with van der Waals surface area (Å²) in [4.78, 5) is 10.3. The van der Waals surface area contributed by atoms with E-state index in [9.17, 15) is 4.79 Å². The molecule has 0 fully saturated rings. The van der Waals surface area contributed by atoms with Gasteiger partial charge in [-0.3, -0.25) is 4.79 Å². The molecule has 0 atom stereocenters. The highest BCUT2D eigenvalue weighted by Gasteiger charge is 1.75. The van der Waals surface area contributed by atoms with Crippen molar-refractivity contribution in [2.24, 2.45) is 0 Å². The fourth-order valence-electron chi connectivity index (χ4n) is 0.406. The average molecular weight is 124 g/mol. The van der Waals surface area contributed by atoms with Crippen molar-refractivity contribution in [1.29, 1.82) is 0 Å². The maximum Gasteiger partial charge on any atom is 0.152 e. The lowest BCUT2D eigenvalue weighted by molar-refractivity contribution is -0.112. The van der Waals surface area contributed by atoms with Gasteiger partial charge in [0.25, 0.3) is 0 Å². The van der Waals surface area contributed by atoms with Gasteiger partial charge in [-0.05, 0) is 19.4 Å². The van der Waals surface area contributed by atoms with E-state index < -0.39 is 0 Å². The molecule has 0 aromatic rings. The molecule has 0 saturated heterocycles. The van der Waals surface area contributed by atoms with E-state index in [4.69, 9.17) is 0 Å². The summed E-state index contributed by atoms with van der Waals surface area (Å²) in [7, 11) is 0. The van der Waals surface area contributed by atoms with Gasteiger partial charge < -0.3 is 0 Å². The first kappa shape index (κ1) is 8.15. The Labute approximate surface area is 56.1 Å². The van der Waals surface area contributed by atoms with E-state index in [1.165, 1.54) is 6.92 Å². The zero-order chi connectivity index (χ0) is 7.11. The zero-order valence-corrected chi connectivity index (χ0v) is 5.92. The lowest BCUT2D eigenvalue weighted by atomic mass is 10.3. The van der Waals surface area contributed by atoms with Crippen molar-refractivity contribution < 1.29 is 4.79 Å². The molecule has 0 aromatic carbocycles. The van der Waals surface area contributed by atoms with Gasteiger partial charge in [-0.1, -0.05) is 25.2 Å². The van der Waals surface area contributed by atoms with Crippen molar-refractivity contribution in [2.75, 3.05) is 0 Å². The molecule has 0 heterocycles. The summed E-state index contributed by atoms with van der Waals surface area (Å²) in [5.74, 6) is 0.0933. The Bertz CT molecular complexity index is 132. The van der Waals surface area contributed by atoms with E-state index in [0.29, 0.717) is 0 Å². The minimum Gasteiger partial charge on any atom is -0.295 e. The molecule has 0 aliphatic carbocycles. The normalized spacial score (nSPS) is 11.3. The lowest BCUT2D eigenvalue weighted by Gasteiger charge is -1.74. The Balaban J connectivity index is 3.47. The molecule has 0 unspecified atom stereocenters. The number of allylic oxidation sites excluding steroid dienone is 4. The molecule has 0 aromatic heterocycles.